The standard InChI is InChI=1S/C16H19ClN2O2/c1-2-16(15(20)21)6-3-7-19(11-16)10-13-5-4-12(9-18)8-14(13)17/h4-5,8H,2-3,6-7,10-11H2,1H3,(H,20,21). The number of aliphatic carboxylic acids is 1. The first-order valence-electron chi connectivity index (χ1n) is 7.15. The average Bonchev–Trinajstić information content (AvgIpc) is 2.49. The monoisotopic (exact) mass is 306 g/mol. The molecule has 1 aromatic rings. The molecular weight excluding hydrogens is 288 g/mol. The van der Waals surface area contributed by atoms with Crippen LogP contribution in [-0.4, -0.2) is 29.1 Å². The van der Waals surface area contributed by atoms with Crippen LogP contribution in [-0.2, 0) is 11.3 Å². The van der Waals surface area contributed by atoms with Crippen LogP contribution in [0.15, 0.2) is 18.2 Å². The number of nitrogens with zero attached hydrogens (tertiary/aromatic N) is 2. The second-order valence-electron chi connectivity index (χ2n) is 5.67. The topological polar surface area (TPSA) is 64.3 Å². The van der Waals surface area contributed by atoms with Gasteiger partial charge in [0.15, 0.2) is 0 Å². The van der Waals surface area contributed by atoms with Crippen LogP contribution in [0.1, 0.15) is 37.3 Å². The Morgan fingerprint density at radius 2 is 2.33 bits per heavy atom. The molecule has 1 N–H and O–H groups in total. The second kappa shape index (κ2) is 6.46. The van der Waals surface area contributed by atoms with E-state index in [4.69, 9.17) is 16.9 Å². The van der Waals surface area contributed by atoms with Gasteiger partial charge in [-0.3, -0.25) is 9.69 Å². The van der Waals surface area contributed by atoms with Crippen molar-refractivity contribution >= 4 is 17.6 Å². The Kier molecular flexibility index (Phi) is 4.87. The predicted molar refractivity (Wildman–Crippen MR) is 81.0 cm³/mol. The molecule has 0 aliphatic carbocycles. The molecule has 0 bridgehead atoms. The average molecular weight is 307 g/mol. The number of carbonyl (C=O) groups is 1. The van der Waals surface area contributed by atoms with Crippen molar-refractivity contribution in [3.63, 3.8) is 0 Å². The Hall–Kier alpha value is -1.57. The van der Waals surface area contributed by atoms with Gasteiger partial charge in [0.05, 0.1) is 17.0 Å². The molecule has 0 spiro atoms. The number of nitriles is 1. The fourth-order valence-electron chi connectivity index (χ4n) is 2.96. The Balaban J connectivity index is 2.13. The van der Waals surface area contributed by atoms with Crippen LogP contribution >= 0.6 is 11.6 Å². The second-order valence-corrected chi connectivity index (χ2v) is 6.08. The van der Waals surface area contributed by atoms with Gasteiger partial charge in [-0.25, -0.2) is 0 Å². The lowest BCUT2D eigenvalue weighted by Crippen LogP contribution is -2.47. The lowest BCUT2D eigenvalue weighted by atomic mass is 9.77. The first-order valence-corrected chi connectivity index (χ1v) is 7.53. The number of halogens is 1. The third-order valence-electron chi connectivity index (χ3n) is 4.36. The summed E-state index contributed by atoms with van der Waals surface area (Å²) in [6.07, 6.45) is 2.25. The van der Waals surface area contributed by atoms with Gasteiger partial charge in [0.1, 0.15) is 0 Å². The number of hydrogen-bond acceptors (Lipinski definition) is 3. The number of carboxylic acids is 1. The summed E-state index contributed by atoms with van der Waals surface area (Å²) < 4.78 is 0. The van der Waals surface area contributed by atoms with Crippen LogP contribution in [0, 0.1) is 16.7 Å². The summed E-state index contributed by atoms with van der Waals surface area (Å²) in [5.41, 5.74) is 0.834. The third-order valence-corrected chi connectivity index (χ3v) is 4.71. The molecule has 0 aromatic heterocycles. The number of rotatable bonds is 4. The van der Waals surface area contributed by atoms with E-state index in [-0.39, 0.29) is 0 Å². The molecule has 2 rings (SSSR count). The van der Waals surface area contributed by atoms with Gasteiger partial charge in [0, 0.05) is 18.1 Å². The molecule has 1 aliphatic rings. The van der Waals surface area contributed by atoms with Crippen LogP contribution < -0.4 is 0 Å². The molecule has 1 saturated heterocycles. The zero-order valence-corrected chi connectivity index (χ0v) is 12.9. The van der Waals surface area contributed by atoms with Crippen molar-refractivity contribution in [3.05, 3.63) is 34.3 Å². The van der Waals surface area contributed by atoms with Crippen LogP contribution in [0.4, 0.5) is 0 Å². The van der Waals surface area contributed by atoms with Crippen molar-refractivity contribution in [2.24, 2.45) is 5.41 Å². The maximum atomic E-state index is 11.6. The van der Waals surface area contributed by atoms with E-state index in [2.05, 4.69) is 11.0 Å². The molecule has 0 saturated carbocycles. The van der Waals surface area contributed by atoms with Gasteiger partial charge in [-0.2, -0.15) is 5.26 Å². The molecule has 1 unspecified atom stereocenters. The fraction of sp³-hybridized carbons (Fsp3) is 0.500. The Bertz CT molecular complexity index is 582. The zero-order chi connectivity index (χ0) is 15.5. The van der Waals surface area contributed by atoms with E-state index in [9.17, 15) is 9.90 Å². The van der Waals surface area contributed by atoms with Crippen molar-refractivity contribution in [1.29, 1.82) is 5.26 Å². The van der Waals surface area contributed by atoms with Crippen molar-refractivity contribution < 1.29 is 9.90 Å². The summed E-state index contributed by atoms with van der Waals surface area (Å²) in [5, 5.41) is 18.9. The molecule has 1 atom stereocenters. The fourth-order valence-corrected chi connectivity index (χ4v) is 3.20. The quantitative estimate of drug-likeness (QED) is 0.927. The van der Waals surface area contributed by atoms with E-state index in [1.807, 2.05) is 13.0 Å². The highest BCUT2D eigenvalue weighted by molar-refractivity contribution is 6.31. The van der Waals surface area contributed by atoms with Gasteiger partial charge in [-0.15, -0.1) is 0 Å². The number of hydrogen-bond donors (Lipinski definition) is 1. The van der Waals surface area contributed by atoms with E-state index in [0.29, 0.717) is 30.1 Å². The van der Waals surface area contributed by atoms with E-state index >= 15 is 0 Å². The molecule has 1 heterocycles. The molecule has 1 aliphatic heterocycles. The van der Waals surface area contributed by atoms with E-state index in [1.54, 1.807) is 12.1 Å². The minimum atomic E-state index is -0.708. The molecule has 112 valence electrons. The Labute approximate surface area is 129 Å². The van der Waals surface area contributed by atoms with Gasteiger partial charge in [0.2, 0.25) is 0 Å². The maximum absolute atomic E-state index is 11.6. The summed E-state index contributed by atoms with van der Waals surface area (Å²) in [5.74, 6) is -0.708. The number of benzene rings is 1. The van der Waals surface area contributed by atoms with Crippen LogP contribution in [0.3, 0.4) is 0 Å². The summed E-state index contributed by atoms with van der Waals surface area (Å²) >= 11 is 6.20. The van der Waals surface area contributed by atoms with E-state index in [1.165, 1.54) is 0 Å². The van der Waals surface area contributed by atoms with Crippen molar-refractivity contribution in [2.45, 2.75) is 32.7 Å². The lowest BCUT2D eigenvalue weighted by molar-refractivity contribution is -0.153. The Morgan fingerprint density at radius 1 is 1.57 bits per heavy atom. The van der Waals surface area contributed by atoms with Gasteiger partial charge in [-0.1, -0.05) is 24.6 Å². The highest BCUT2D eigenvalue weighted by atomic mass is 35.5. The van der Waals surface area contributed by atoms with Gasteiger partial charge >= 0.3 is 5.97 Å². The molecule has 0 amide bonds. The summed E-state index contributed by atoms with van der Waals surface area (Å²) in [4.78, 5) is 13.7. The number of likely N-dealkylation sites (tertiary alicyclic amines) is 1. The highest BCUT2D eigenvalue weighted by Crippen LogP contribution is 2.34. The highest BCUT2D eigenvalue weighted by Gasteiger charge is 2.40. The van der Waals surface area contributed by atoms with Gasteiger partial charge in [0.25, 0.3) is 0 Å². The van der Waals surface area contributed by atoms with E-state index < -0.39 is 11.4 Å². The van der Waals surface area contributed by atoms with Crippen LogP contribution in [0.5, 0.6) is 0 Å². The minimum absolute atomic E-state index is 0.538. The lowest BCUT2D eigenvalue weighted by Gasteiger charge is -2.39. The predicted octanol–water partition coefficient (Wildman–Crippen LogP) is 3.29. The van der Waals surface area contributed by atoms with Gasteiger partial charge in [-0.05, 0) is 43.5 Å². The van der Waals surface area contributed by atoms with Crippen molar-refractivity contribution in [1.82, 2.24) is 4.90 Å². The summed E-state index contributed by atoms with van der Waals surface area (Å²) in [6.45, 7) is 3.99. The SMILES string of the molecule is CCC1(C(=O)O)CCCN(Cc2ccc(C#N)cc2Cl)C1. The summed E-state index contributed by atoms with van der Waals surface area (Å²) in [6, 6.07) is 7.31. The van der Waals surface area contributed by atoms with Gasteiger partial charge < -0.3 is 5.11 Å². The largest absolute Gasteiger partial charge is 0.481 e. The Morgan fingerprint density at radius 3 is 2.90 bits per heavy atom. The molecular formula is C16H19ClN2O2. The van der Waals surface area contributed by atoms with Crippen LogP contribution in [0.2, 0.25) is 5.02 Å². The van der Waals surface area contributed by atoms with E-state index in [0.717, 1.165) is 24.9 Å². The van der Waals surface area contributed by atoms with Crippen LogP contribution in [0.25, 0.3) is 0 Å². The molecule has 0 radical (unpaired) electrons. The molecule has 5 heteroatoms. The third kappa shape index (κ3) is 3.37. The smallest absolute Gasteiger partial charge is 0.310 e. The normalized spacial score (nSPS) is 22.7. The molecule has 1 fully saturated rings. The summed E-state index contributed by atoms with van der Waals surface area (Å²) in [7, 11) is 0. The molecule has 1 aromatic carbocycles. The zero-order valence-electron chi connectivity index (χ0n) is 12.1. The number of carboxylic acid groups (broad SMARTS) is 1. The molecule has 21 heavy (non-hydrogen) atoms. The molecule has 4 nitrogen and oxygen atoms in total. The first-order chi connectivity index (χ1) is 10.0. The first kappa shape index (κ1) is 15.8. The number of piperidine rings is 1. The maximum Gasteiger partial charge on any atom is 0.310 e. The van der Waals surface area contributed by atoms with Crippen molar-refractivity contribution in [2.75, 3.05) is 13.1 Å². The van der Waals surface area contributed by atoms with Crippen molar-refractivity contribution in [3.8, 4) is 6.07 Å². The minimum Gasteiger partial charge on any atom is -0.481 e.